The number of nitrogens with zero attached hydrogens (tertiary/aromatic N) is 3. The van der Waals surface area contributed by atoms with E-state index in [1.165, 1.54) is 0 Å². The number of hydrogen-bond donors (Lipinski definition) is 0. The highest BCUT2D eigenvalue weighted by atomic mass is 14.9. The molecule has 13 heavy (non-hydrogen) atoms. The molecule has 0 unspecified atom stereocenters. The van der Waals surface area contributed by atoms with Crippen LogP contribution in [0.5, 0.6) is 0 Å². The summed E-state index contributed by atoms with van der Waals surface area (Å²) in [6.45, 7) is 15.0. The molecule has 1 aromatic rings. The second-order valence-electron chi connectivity index (χ2n) is 4.01. The van der Waals surface area contributed by atoms with E-state index in [1.807, 2.05) is 27.7 Å². The minimum absolute atomic E-state index is 0.0897. The molecule has 0 saturated heterocycles. The second kappa shape index (κ2) is 3.14. The summed E-state index contributed by atoms with van der Waals surface area (Å²) in [5.41, 5.74) is 1.29. The number of rotatable bonds is 0. The van der Waals surface area contributed by atoms with Crippen molar-refractivity contribution in [3.05, 3.63) is 29.1 Å². The fraction of sp³-hybridized carbons (Fsp3) is 0.500. The lowest BCUT2D eigenvalue weighted by Crippen LogP contribution is -2.14. The van der Waals surface area contributed by atoms with E-state index in [1.54, 1.807) is 6.20 Å². The molecule has 3 nitrogen and oxygen atoms in total. The minimum atomic E-state index is -0.0897. The van der Waals surface area contributed by atoms with E-state index in [2.05, 4.69) is 14.8 Å². The molecule has 0 bridgehead atoms. The summed E-state index contributed by atoms with van der Waals surface area (Å²) >= 11 is 0. The maximum atomic E-state index is 6.98. The Balaban J connectivity index is 3.35. The molecule has 0 aliphatic heterocycles. The van der Waals surface area contributed by atoms with Gasteiger partial charge >= 0.3 is 0 Å². The van der Waals surface area contributed by atoms with E-state index < -0.39 is 0 Å². The Labute approximate surface area is 78.7 Å². The predicted molar refractivity (Wildman–Crippen MR) is 51.7 cm³/mol. The Morgan fingerprint density at radius 1 is 1.38 bits per heavy atom. The third kappa shape index (κ3) is 2.03. The van der Waals surface area contributed by atoms with Crippen LogP contribution < -0.4 is 0 Å². The zero-order valence-corrected chi connectivity index (χ0v) is 8.42. The van der Waals surface area contributed by atoms with Gasteiger partial charge in [0.1, 0.15) is 5.82 Å². The van der Waals surface area contributed by atoms with Gasteiger partial charge in [-0.3, -0.25) is 4.98 Å². The fourth-order valence-electron chi connectivity index (χ4n) is 1.10. The molecule has 3 heteroatoms. The molecule has 1 rings (SSSR count). The zero-order chi connectivity index (χ0) is 10.1. The van der Waals surface area contributed by atoms with Crippen LogP contribution in [-0.2, 0) is 5.41 Å². The van der Waals surface area contributed by atoms with Crippen molar-refractivity contribution < 1.29 is 0 Å². The van der Waals surface area contributed by atoms with Crippen molar-refractivity contribution in [3.63, 3.8) is 0 Å². The van der Waals surface area contributed by atoms with E-state index in [-0.39, 0.29) is 5.41 Å². The Bertz CT molecular complexity index is 355. The van der Waals surface area contributed by atoms with E-state index in [4.69, 9.17) is 6.57 Å². The maximum Gasteiger partial charge on any atom is 0.226 e. The van der Waals surface area contributed by atoms with E-state index in [0.29, 0.717) is 5.69 Å². The largest absolute Gasteiger partial charge is 0.253 e. The molecule has 0 fully saturated rings. The van der Waals surface area contributed by atoms with E-state index in [0.717, 1.165) is 11.5 Å². The first-order valence-corrected chi connectivity index (χ1v) is 4.16. The molecule has 0 radical (unpaired) electrons. The SMILES string of the molecule is [C-]#[N+]c1cnc(C)nc1C(C)(C)C. The Hall–Kier alpha value is -1.43. The van der Waals surface area contributed by atoms with E-state index in [9.17, 15) is 0 Å². The fourth-order valence-corrected chi connectivity index (χ4v) is 1.10. The van der Waals surface area contributed by atoms with Crippen LogP contribution in [0.1, 0.15) is 32.3 Å². The van der Waals surface area contributed by atoms with Crippen molar-refractivity contribution in [2.75, 3.05) is 0 Å². The van der Waals surface area contributed by atoms with Crippen LogP contribution in [0.15, 0.2) is 6.20 Å². The molecule has 0 spiro atoms. The molecule has 68 valence electrons. The zero-order valence-electron chi connectivity index (χ0n) is 8.42. The van der Waals surface area contributed by atoms with Crippen LogP contribution in [0.4, 0.5) is 5.69 Å². The predicted octanol–water partition coefficient (Wildman–Crippen LogP) is 2.63. The lowest BCUT2D eigenvalue weighted by atomic mass is 9.91. The van der Waals surface area contributed by atoms with Gasteiger partial charge in [-0.2, -0.15) is 0 Å². The molecular formula is C10H13N3. The van der Waals surface area contributed by atoms with Gasteiger partial charge in [0.15, 0.2) is 0 Å². The van der Waals surface area contributed by atoms with Gasteiger partial charge in [-0.25, -0.2) is 9.83 Å². The number of hydrogen-bond acceptors (Lipinski definition) is 2. The van der Waals surface area contributed by atoms with Gasteiger partial charge in [-0.15, -0.1) is 0 Å². The Morgan fingerprint density at radius 3 is 2.46 bits per heavy atom. The highest BCUT2D eigenvalue weighted by Crippen LogP contribution is 2.28. The lowest BCUT2D eigenvalue weighted by Gasteiger charge is -2.19. The molecule has 0 aliphatic rings. The van der Waals surface area contributed by atoms with Crippen LogP contribution in [-0.4, -0.2) is 9.97 Å². The van der Waals surface area contributed by atoms with Crippen LogP contribution in [0, 0.1) is 13.5 Å². The smallest absolute Gasteiger partial charge is 0.226 e. The van der Waals surface area contributed by atoms with Gasteiger partial charge in [0, 0.05) is 6.20 Å². The van der Waals surface area contributed by atoms with Crippen molar-refractivity contribution in [2.24, 2.45) is 0 Å². The van der Waals surface area contributed by atoms with Crippen molar-refractivity contribution in [3.8, 4) is 0 Å². The topological polar surface area (TPSA) is 30.1 Å². The first kappa shape index (κ1) is 9.66. The van der Waals surface area contributed by atoms with Crippen molar-refractivity contribution in [1.82, 2.24) is 9.97 Å². The van der Waals surface area contributed by atoms with Crippen molar-refractivity contribution >= 4 is 5.69 Å². The third-order valence-electron chi connectivity index (χ3n) is 1.72. The van der Waals surface area contributed by atoms with E-state index >= 15 is 0 Å². The molecule has 1 heterocycles. The molecule has 0 N–H and O–H groups in total. The summed E-state index contributed by atoms with van der Waals surface area (Å²) in [6, 6.07) is 0. The standard InChI is InChI=1S/C10H13N3/c1-7-12-6-8(11-5)9(13-7)10(2,3)4/h6H,1-4H3. The average molecular weight is 175 g/mol. The van der Waals surface area contributed by atoms with Crippen LogP contribution in [0.3, 0.4) is 0 Å². The van der Waals surface area contributed by atoms with Crippen LogP contribution in [0.25, 0.3) is 4.85 Å². The number of aromatic nitrogens is 2. The average Bonchev–Trinajstić information content (AvgIpc) is 2.03. The second-order valence-corrected chi connectivity index (χ2v) is 4.01. The van der Waals surface area contributed by atoms with Gasteiger partial charge in [-0.05, 0) is 12.3 Å². The van der Waals surface area contributed by atoms with Gasteiger partial charge in [0.05, 0.1) is 12.3 Å². The molecule has 0 atom stereocenters. The van der Waals surface area contributed by atoms with Gasteiger partial charge in [0.25, 0.3) is 0 Å². The first-order chi connectivity index (χ1) is 5.95. The van der Waals surface area contributed by atoms with Gasteiger partial charge < -0.3 is 0 Å². The lowest BCUT2D eigenvalue weighted by molar-refractivity contribution is 0.567. The molecule has 0 aromatic carbocycles. The van der Waals surface area contributed by atoms with Crippen LogP contribution in [0.2, 0.25) is 0 Å². The minimum Gasteiger partial charge on any atom is -0.253 e. The number of aryl methyl sites for hydroxylation is 1. The first-order valence-electron chi connectivity index (χ1n) is 4.16. The van der Waals surface area contributed by atoms with Crippen molar-refractivity contribution in [1.29, 1.82) is 0 Å². The molecule has 0 saturated carbocycles. The summed E-state index contributed by atoms with van der Waals surface area (Å²) in [5, 5.41) is 0. The molecular weight excluding hydrogens is 162 g/mol. The summed E-state index contributed by atoms with van der Waals surface area (Å²) in [7, 11) is 0. The Kier molecular flexibility index (Phi) is 2.33. The molecule has 0 aliphatic carbocycles. The normalized spacial score (nSPS) is 11.0. The quantitative estimate of drug-likeness (QED) is 0.567. The summed E-state index contributed by atoms with van der Waals surface area (Å²) < 4.78 is 0. The van der Waals surface area contributed by atoms with Gasteiger partial charge in [-0.1, -0.05) is 20.8 Å². The summed E-state index contributed by atoms with van der Waals surface area (Å²) in [6.07, 6.45) is 1.59. The molecule has 0 amide bonds. The van der Waals surface area contributed by atoms with Crippen molar-refractivity contribution in [2.45, 2.75) is 33.1 Å². The highest BCUT2D eigenvalue weighted by Gasteiger charge is 2.20. The Morgan fingerprint density at radius 2 is 2.00 bits per heavy atom. The highest BCUT2D eigenvalue weighted by molar-refractivity contribution is 5.49. The maximum absolute atomic E-state index is 6.98. The van der Waals surface area contributed by atoms with Crippen LogP contribution >= 0.6 is 0 Å². The van der Waals surface area contributed by atoms with Gasteiger partial charge in [0.2, 0.25) is 5.69 Å². The summed E-state index contributed by atoms with van der Waals surface area (Å²) in [4.78, 5) is 11.7. The third-order valence-corrected chi connectivity index (χ3v) is 1.72. The monoisotopic (exact) mass is 175 g/mol. The molecule has 1 aromatic heterocycles. The summed E-state index contributed by atoms with van der Waals surface area (Å²) in [5.74, 6) is 0.720.